The van der Waals surface area contributed by atoms with Crippen LogP contribution in [0.2, 0.25) is 0 Å². The minimum Gasteiger partial charge on any atom is -0.477 e. The number of hydrogen-bond acceptors (Lipinski definition) is 4. The van der Waals surface area contributed by atoms with E-state index < -0.39 is 0 Å². The molecule has 2 aliphatic heterocycles. The lowest BCUT2D eigenvalue weighted by Gasteiger charge is -2.35. The van der Waals surface area contributed by atoms with E-state index in [4.69, 9.17) is 14.6 Å². The molecule has 28 heavy (non-hydrogen) atoms. The standard InChI is InChI=1S/C22H30FN3O2/c1-15(2)20-21(18-6-4-5-7-19(18)23)24-26-13-16(14-28-22(20)26)12-25(3)17-8-10-27-11-9-17/h4-7,15-17H,8-14H2,1-3H3. The van der Waals surface area contributed by atoms with E-state index in [2.05, 4.69) is 25.8 Å². The van der Waals surface area contributed by atoms with Crippen molar-refractivity contribution in [2.75, 3.05) is 33.4 Å². The van der Waals surface area contributed by atoms with Crippen LogP contribution in [0.25, 0.3) is 11.3 Å². The maximum atomic E-state index is 14.4. The molecule has 0 radical (unpaired) electrons. The highest BCUT2D eigenvalue weighted by Crippen LogP contribution is 2.39. The van der Waals surface area contributed by atoms with E-state index in [1.54, 1.807) is 12.1 Å². The Kier molecular flexibility index (Phi) is 5.69. The maximum Gasteiger partial charge on any atom is 0.215 e. The summed E-state index contributed by atoms with van der Waals surface area (Å²) in [4.78, 5) is 2.44. The minimum atomic E-state index is -0.240. The van der Waals surface area contributed by atoms with Crippen LogP contribution in [0.3, 0.4) is 0 Å². The molecule has 5 nitrogen and oxygen atoms in total. The van der Waals surface area contributed by atoms with Crippen molar-refractivity contribution >= 4 is 0 Å². The fourth-order valence-corrected chi connectivity index (χ4v) is 4.40. The average Bonchev–Trinajstić information content (AvgIpc) is 3.07. The van der Waals surface area contributed by atoms with Crippen molar-refractivity contribution < 1.29 is 13.9 Å². The average molecular weight is 387 g/mol. The number of ether oxygens (including phenoxy) is 2. The smallest absolute Gasteiger partial charge is 0.215 e. The van der Waals surface area contributed by atoms with Gasteiger partial charge < -0.3 is 14.4 Å². The normalized spacial score (nSPS) is 20.4. The van der Waals surface area contributed by atoms with Gasteiger partial charge >= 0.3 is 0 Å². The summed E-state index contributed by atoms with van der Waals surface area (Å²) in [5.41, 5.74) is 2.26. The quantitative estimate of drug-likeness (QED) is 0.779. The van der Waals surface area contributed by atoms with E-state index in [9.17, 15) is 4.39 Å². The fourth-order valence-electron chi connectivity index (χ4n) is 4.40. The number of benzene rings is 1. The van der Waals surface area contributed by atoms with Gasteiger partial charge in [-0.2, -0.15) is 5.10 Å². The van der Waals surface area contributed by atoms with Crippen LogP contribution in [0.15, 0.2) is 24.3 Å². The molecule has 0 aliphatic carbocycles. The Morgan fingerprint density at radius 3 is 2.71 bits per heavy atom. The Morgan fingerprint density at radius 1 is 1.25 bits per heavy atom. The lowest BCUT2D eigenvalue weighted by atomic mass is 9.98. The molecule has 0 N–H and O–H groups in total. The van der Waals surface area contributed by atoms with Gasteiger partial charge in [0, 0.05) is 42.8 Å². The van der Waals surface area contributed by atoms with E-state index in [1.165, 1.54) is 6.07 Å². The summed E-state index contributed by atoms with van der Waals surface area (Å²) in [7, 11) is 2.19. The lowest BCUT2D eigenvalue weighted by molar-refractivity contribution is 0.0301. The highest BCUT2D eigenvalue weighted by molar-refractivity contribution is 5.67. The maximum absolute atomic E-state index is 14.4. The van der Waals surface area contributed by atoms with E-state index >= 15 is 0 Å². The van der Waals surface area contributed by atoms with Crippen LogP contribution >= 0.6 is 0 Å². The van der Waals surface area contributed by atoms with Crippen molar-refractivity contribution in [3.8, 4) is 17.1 Å². The van der Waals surface area contributed by atoms with Gasteiger partial charge in [-0.1, -0.05) is 26.0 Å². The van der Waals surface area contributed by atoms with Crippen molar-refractivity contribution in [3.05, 3.63) is 35.6 Å². The Morgan fingerprint density at radius 2 is 2.00 bits per heavy atom. The van der Waals surface area contributed by atoms with Gasteiger partial charge in [-0.15, -0.1) is 0 Å². The first-order valence-electron chi connectivity index (χ1n) is 10.3. The monoisotopic (exact) mass is 387 g/mol. The molecule has 2 aliphatic rings. The zero-order valence-electron chi connectivity index (χ0n) is 17.0. The van der Waals surface area contributed by atoms with Crippen molar-refractivity contribution in [2.24, 2.45) is 5.92 Å². The van der Waals surface area contributed by atoms with E-state index in [-0.39, 0.29) is 11.7 Å². The molecule has 0 bridgehead atoms. The topological polar surface area (TPSA) is 39.5 Å². The van der Waals surface area contributed by atoms with Crippen molar-refractivity contribution in [1.82, 2.24) is 14.7 Å². The van der Waals surface area contributed by atoms with Crippen LogP contribution in [0.5, 0.6) is 5.88 Å². The predicted molar refractivity (Wildman–Crippen MR) is 107 cm³/mol. The third kappa shape index (κ3) is 3.80. The Balaban J connectivity index is 1.55. The zero-order valence-corrected chi connectivity index (χ0v) is 17.0. The summed E-state index contributed by atoms with van der Waals surface area (Å²) >= 11 is 0. The third-order valence-electron chi connectivity index (χ3n) is 5.89. The van der Waals surface area contributed by atoms with E-state index in [0.717, 1.165) is 50.6 Å². The summed E-state index contributed by atoms with van der Waals surface area (Å²) in [6, 6.07) is 7.43. The minimum absolute atomic E-state index is 0.208. The molecule has 0 amide bonds. The second-order valence-electron chi connectivity index (χ2n) is 8.34. The lowest BCUT2D eigenvalue weighted by Crippen LogP contribution is -2.42. The van der Waals surface area contributed by atoms with Gasteiger partial charge in [-0.25, -0.2) is 9.07 Å². The molecule has 0 spiro atoms. The van der Waals surface area contributed by atoms with Gasteiger partial charge in [0.2, 0.25) is 5.88 Å². The highest BCUT2D eigenvalue weighted by atomic mass is 19.1. The van der Waals surface area contributed by atoms with Gasteiger partial charge in [0.1, 0.15) is 11.5 Å². The summed E-state index contributed by atoms with van der Waals surface area (Å²) in [5.74, 6) is 1.14. The fraction of sp³-hybridized carbons (Fsp3) is 0.591. The molecule has 1 fully saturated rings. The molecule has 152 valence electrons. The van der Waals surface area contributed by atoms with Crippen molar-refractivity contribution in [2.45, 2.75) is 45.2 Å². The number of hydrogen-bond donors (Lipinski definition) is 0. The number of fused-ring (bicyclic) bond motifs is 1. The number of aromatic nitrogens is 2. The number of halogens is 1. The molecule has 6 heteroatoms. The Hall–Kier alpha value is -1.92. The van der Waals surface area contributed by atoms with Crippen LogP contribution in [0.4, 0.5) is 4.39 Å². The summed E-state index contributed by atoms with van der Waals surface area (Å²) in [6.07, 6.45) is 2.18. The van der Waals surface area contributed by atoms with Gasteiger partial charge in [0.15, 0.2) is 0 Å². The Labute approximate surface area is 166 Å². The summed E-state index contributed by atoms with van der Waals surface area (Å²) in [6.45, 7) is 8.36. The van der Waals surface area contributed by atoms with E-state index in [1.807, 2.05) is 10.7 Å². The molecule has 3 heterocycles. The van der Waals surface area contributed by atoms with Crippen LogP contribution in [0.1, 0.15) is 38.2 Å². The summed E-state index contributed by atoms with van der Waals surface area (Å²) in [5, 5.41) is 4.79. The van der Waals surface area contributed by atoms with Gasteiger partial charge in [0.05, 0.1) is 13.2 Å². The van der Waals surface area contributed by atoms with Gasteiger partial charge in [0.25, 0.3) is 0 Å². The van der Waals surface area contributed by atoms with Crippen molar-refractivity contribution in [3.63, 3.8) is 0 Å². The first-order chi connectivity index (χ1) is 13.5. The molecule has 1 saturated heterocycles. The molecule has 1 unspecified atom stereocenters. The molecule has 1 aromatic carbocycles. The summed E-state index contributed by atoms with van der Waals surface area (Å²) < 4.78 is 28.0. The molecular weight excluding hydrogens is 357 g/mol. The van der Waals surface area contributed by atoms with Crippen molar-refractivity contribution in [1.29, 1.82) is 0 Å². The molecular formula is C22H30FN3O2. The number of rotatable bonds is 5. The van der Waals surface area contributed by atoms with Crippen LogP contribution in [0, 0.1) is 11.7 Å². The van der Waals surface area contributed by atoms with E-state index in [0.29, 0.717) is 29.8 Å². The first kappa shape index (κ1) is 19.4. The Bertz CT molecular complexity index is 814. The zero-order chi connectivity index (χ0) is 19.7. The largest absolute Gasteiger partial charge is 0.477 e. The SMILES string of the molecule is CC(C)c1c(-c2ccccc2F)nn2c1OCC(CN(C)C1CCOCC1)C2. The molecule has 4 rings (SSSR count). The van der Waals surface area contributed by atoms with Gasteiger partial charge in [-0.05, 0) is 37.9 Å². The molecule has 2 aromatic rings. The molecule has 1 atom stereocenters. The molecule has 1 aromatic heterocycles. The second kappa shape index (κ2) is 8.21. The second-order valence-corrected chi connectivity index (χ2v) is 8.34. The first-order valence-corrected chi connectivity index (χ1v) is 10.3. The highest BCUT2D eigenvalue weighted by Gasteiger charge is 2.31. The predicted octanol–water partition coefficient (Wildman–Crippen LogP) is 3.93. The number of nitrogens with zero attached hydrogens (tertiary/aromatic N) is 3. The third-order valence-corrected chi connectivity index (χ3v) is 5.89. The van der Waals surface area contributed by atoms with Crippen LogP contribution in [-0.2, 0) is 11.3 Å². The molecule has 0 saturated carbocycles. The van der Waals surface area contributed by atoms with Crippen LogP contribution < -0.4 is 4.74 Å². The van der Waals surface area contributed by atoms with Crippen LogP contribution in [-0.4, -0.2) is 54.1 Å². The van der Waals surface area contributed by atoms with Gasteiger partial charge in [-0.3, -0.25) is 0 Å².